The molecule has 2 aromatic carbocycles. The summed E-state index contributed by atoms with van der Waals surface area (Å²) in [4.78, 5) is 4.08. The molecular weight excluding hydrogens is 427 g/mol. The van der Waals surface area contributed by atoms with Crippen LogP contribution >= 0.6 is 0 Å². The van der Waals surface area contributed by atoms with E-state index in [4.69, 9.17) is 10.5 Å². The molecule has 6 rings (SSSR count). The average molecular weight is 457 g/mol. The monoisotopic (exact) mass is 456 g/mol. The van der Waals surface area contributed by atoms with Crippen LogP contribution in [-0.2, 0) is 12.8 Å². The number of nitrogens with zero attached hydrogens (tertiary/aromatic N) is 1. The van der Waals surface area contributed by atoms with Crippen molar-refractivity contribution < 1.29 is 9.13 Å². The van der Waals surface area contributed by atoms with Gasteiger partial charge in [0.2, 0.25) is 5.95 Å². The first-order valence-corrected chi connectivity index (χ1v) is 12.1. The molecule has 1 fully saturated rings. The first-order chi connectivity index (χ1) is 16.5. The predicted molar refractivity (Wildman–Crippen MR) is 134 cm³/mol. The molecule has 1 spiro atoms. The van der Waals surface area contributed by atoms with Crippen molar-refractivity contribution in [2.24, 2.45) is 0 Å². The van der Waals surface area contributed by atoms with E-state index < -0.39 is 5.95 Å². The molecule has 4 heterocycles. The van der Waals surface area contributed by atoms with Crippen LogP contribution in [0.5, 0.6) is 5.75 Å². The highest BCUT2D eigenvalue weighted by Crippen LogP contribution is 2.41. The van der Waals surface area contributed by atoms with Gasteiger partial charge in [0.1, 0.15) is 17.2 Å². The van der Waals surface area contributed by atoms with E-state index in [0.717, 1.165) is 91.0 Å². The number of rotatable bonds is 2. The maximum atomic E-state index is 15.0. The summed E-state index contributed by atoms with van der Waals surface area (Å²) in [5, 5.41) is 6.71. The Hall–Kier alpha value is -3.38. The third-order valence-corrected chi connectivity index (χ3v) is 7.54. The van der Waals surface area contributed by atoms with Gasteiger partial charge in [-0.25, -0.2) is 4.98 Å². The Kier molecular flexibility index (Phi) is 5.06. The van der Waals surface area contributed by atoms with Crippen LogP contribution < -0.4 is 21.1 Å². The number of ether oxygens (including phenoxy) is 1. The van der Waals surface area contributed by atoms with E-state index in [0.29, 0.717) is 5.56 Å². The van der Waals surface area contributed by atoms with Crippen molar-refractivity contribution in [3.8, 4) is 28.0 Å². The maximum Gasteiger partial charge on any atom is 0.222 e. The van der Waals surface area contributed by atoms with Gasteiger partial charge in [-0.1, -0.05) is 30.8 Å². The number of aromatic nitrogens is 1. The van der Waals surface area contributed by atoms with Crippen LogP contribution in [0.1, 0.15) is 36.0 Å². The summed E-state index contributed by atoms with van der Waals surface area (Å²) in [7, 11) is 0. The number of nitrogen functional groups attached to an aromatic ring is 1. The molecule has 1 saturated heterocycles. The minimum absolute atomic E-state index is 0.0613. The number of nitrogens with one attached hydrogen (secondary N) is 2. The van der Waals surface area contributed by atoms with Gasteiger partial charge in [-0.3, -0.25) is 0 Å². The predicted octanol–water partition coefficient (Wildman–Crippen LogP) is 4.70. The molecule has 4 N–H and O–H groups in total. The highest BCUT2D eigenvalue weighted by atomic mass is 19.1. The van der Waals surface area contributed by atoms with Crippen molar-refractivity contribution in [2.75, 3.05) is 25.4 Å². The number of anilines is 1. The molecule has 0 amide bonds. The molecule has 0 radical (unpaired) electrons. The van der Waals surface area contributed by atoms with Crippen LogP contribution in [0.25, 0.3) is 28.0 Å². The Labute approximate surface area is 199 Å². The summed E-state index contributed by atoms with van der Waals surface area (Å²) in [6, 6.07) is 14.0. The van der Waals surface area contributed by atoms with Gasteiger partial charge in [0.05, 0.1) is 0 Å². The fourth-order valence-corrected chi connectivity index (χ4v) is 5.57. The van der Waals surface area contributed by atoms with E-state index in [1.807, 2.05) is 30.3 Å². The van der Waals surface area contributed by atoms with Crippen LogP contribution in [0.4, 0.5) is 10.2 Å². The third-order valence-electron chi connectivity index (χ3n) is 7.54. The first-order valence-electron chi connectivity index (χ1n) is 12.1. The molecule has 0 bridgehead atoms. The summed E-state index contributed by atoms with van der Waals surface area (Å²) in [5.74, 6) is 0.566. The van der Waals surface area contributed by atoms with Gasteiger partial charge in [0, 0.05) is 28.9 Å². The van der Waals surface area contributed by atoms with Crippen molar-refractivity contribution in [3.63, 3.8) is 0 Å². The van der Waals surface area contributed by atoms with Crippen LogP contribution in [-0.4, -0.2) is 30.2 Å². The number of hydrogen-bond donors (Lipinski definition) is 3. The van der Waals surface area contributed by atoms with Crippen LogP contribution in [0.3, 0.4) is 0 Å². The summed E-state index contributed by atoms with van der Waals surface area (Å²) in [5.41, 5.74) is 13.4. The van der Waals surface area contributed by atoms with Crippen LogP contribution in [0, 0.1) is 5.95 Å². The molecule has 174 valence electrons. The highest BCUT2D eigenvalue weighted by molar-refractivity contribution is 5.82. The molecule has 0 unspecified atom stereocenters. The average Bonchev–Trinajstić information content (AvgIpc) is 2.84. The largest absolute Gasteiger partial charge is 0.487 e. The zero-order chi connectivity index (χ0) is 23.3. The molecule has 0 aliphatic carbocycles. The van der Waals surface area contributed by atoms with Gasteiger partial charge in [-0.2, -0.15) is 4.39 Å². The SMILES string of the molecule is C=C1NCCc2cc(-c3cc(-c4ccc5c(c4)CCC4(CCNCC4)O5)c(F)nc3N)ccc21. The number of hydrogen-bond acceptors (Lipinski definition) is 5. The lowest BCUT2D eigenvalue weighted by Gasteiger charge is -2.41. The van der Waals surface area contributed by atoms with Gasteiger partial charge in [0.25, 0.3) is 0 Å². The number of halogens is 1. The van der Waals surface area contributed by atoms with E-state index in [1.54, 1.807) is 0 Å². The second kappa shape index (κ2) is 8.13. The van der Waals surface area contributed by atoms with Gasteiger partial charge in [-0.15, -0.1) is 0 Å². The number of benzene rings is 2. The summed E-state index contributed by atoms with van der Waals surface area (Å²) < 4.78 is 21.5. The molecular formula is C28H29FN4O. The Morgan fingerprint density at radius 1 is 0.882 bits per heavy atom. The van der Waals surface area contributed by atoms with Crippen molar-refractivity contribution >= 4 is 11.5 Å². The number of nitrogens with two attached hydrogens (primary N) is 1. The highest BCUT2D eigenvalue weighted by Gasteiger charge is 2.37. The fourth-order valence-electron chi connectivity index (χ4n) is 5.57. The second-order valence-corrected chi connectivity index (χ2v) is 9.64. The van der Waals surface area contributed by atoms with Crippen LogP contribution in [0.15, 0.2) is 49.0 Å². The van der Waals surface area contributed by atoms with E-state index >= 15 is 4.39 Å². The molecule has 0 saturated carbocycles. The molecule has 3 aromatic rings. The van der Waals surface area contributed by atoms with Gasteiger partial charge in [-0.05, 0) is 85.6 Å². The van der Waals surface area contributed by atoms with Crippen LogP contribution in [0.2, 0.25) is 0 Å². The van der Waals surface area contributed by atoms with Crippen molar-refractivity contribution in [1.82, 2.24) is 15.6 Å². The Bertz CT molecular complexity index is 1300. The summed E-state index contributed by atoms with van der Waals surface area (Å²) >= 11 is 0. The quantitative estimate of drug-likeness (QED) is 0.488. The van der Waals surface area contributed by atoms with E-state index in [9.17, 15) is 0 Å². The molecule has 6 heteroatoms. The van der Waals surface area contributed by atoms with E-state index in [-0.39, 0.29) is 11.4 Å². The lowest BCUT2D eigenvalue weighted by atomic mass is 9.83. The Morgan fingerprint density at radius 3 is 2.50 bits per heavy atom. The maximum absolute atomic E-state index is 15.0. The fraction of sp³-hybridized carbons (Fsp3) is 0.321. The second-order valence-electron chi connectivity index (χ2n) is 9.64. The topological polar surface area (TPSA) is 72.2 Å². The minimum Gasteiger partial charge on any atom is -0.487 e. The molecule has 3 aliphatic heterocycles. The zero-order valence-corrected chi connectivity index (χ0v) is 19.2. The Balaban J connectivity index is 1.36. The lowest BCUT2D eigenvalue weighted by molar-refractivity contribution is 0.0170. The number of fused-ring (bicyclic) bond motifs is 2. The summed E-state index contributed by atoms with van der Waals surface area (Å²) in [6.07, 6.45) is 4.89. The Morgan fingerprint density at radius 2 is 1.65 bits per heavy atom. The zero-order valence-electron chi connectivity index (χ0n) is 19.2. The minimum atomic E-state index is -0.553. The first kappa shape index (κ1) is 21.2. The van der Waals surface area contributed by atoms with E-state index in [1.165, 1.54) is 5.56 Å². The third kappa shape index (κ3) is 3.62. The van der Waals surface area contributed by atoms with E-state index in [2.05, 4.69) is 34.3 Å². The molecule has 3 aliphatic rings. The smallest absolute Gasteiger partial charge is 0.222 e. The van der Waals surface area contributed by atoms with Crippen molar-refractivity contribution in [2.45, 2.75) is 37.7 Å². The van der Waals surface area contributed by atoms with Crippen molar-refractivity contribution in [3.05, 3.63) is 71.7 Å². The summed E-state index contributed by atoms with van der Waals surface area (Å²) in [6.45, 7) is 6.93. The molecule has 5 nitrogen and oxygen atoms in total. The van der Waals surface area contributed by atoms with Crippen molar-refractivity contribution in [1.29, 1.82) is 0 Å². The van der Waals surface area contributed by atoms with Gasteiger partial charge < -0.3 is 21.1 Å². The molecule has 0 atom stereocenters. The lowest BCUT2D eigenvalue weighted by Crippen LogP contribution is -2.48. The standard InChI is InChI=1S/C28H29FN4O/c1-17-22-4-2-19(14-20(22)7-11-32-17)24-16-23(26(29)33-27(24)30)18-3-5-25-21(15-18)6-8-28(34-25)9-12-31-13-10-28/h2-5,14-16,31-32H,1,6-13H2,(H2,30,33). The van der Waals surface area contributed by atoms with Gasteiger partial charge in [0.15, 0.2) is 0 Å². The number of aryl methyl sites for hydroxylation is 1. The normalized spacial score (nSPS) is 18.6. The number of pyridine rings is 1. The van der Waals surface area contributed by atoms with Gasteiger partial charge >= 0.3 is 0 Å². The molecule has 34 heavy (non-hydrogen) atoms. The number of piperidine rings is 1. The molecule has 1 aromatic heterocycles.